The second-order valence-corrected chi connectivity index (χ2v) is 3.25. The van der Waals surface area contributed by atoms with E-state index in [4.69, 9.17) is 16.4 Å². The molecule has 1 atom stereocenters. The molecular formula is C14H13NO. The summed E-state index contributed by atoms with van der Waals surface area (Å²) in [6.07, 6.45) is 5.29. The summed E-state index contributed by atoms with van der Waals surface area (Å²) in [6.45, 7) is 4.12. The normalized spacial score (nSPS) is 11.1. The highest BCUT2D eigenvalue weighted by molar-refractivity contribution is 5.32. The largest absolute Gasteiger partial charge is 0.367 e. The molecule has 0 spiro atoms. The molecule has 0 radical (unpaired) electrons. The van der Waals surface area contributed by atoms with Gasteiger partial charge in [-0.3, -0.25) is 0 Å². The molecule has 2 heteroatoms. The van der Waals surface area contributed by atoms with Gasteiger partial charge in [0.15, 0.2) is 0 Å². The SMILES string of the molecule is C#CCCOC(C(=C)C#N)c1ccccc1. The van der Waals surface area contributed by atoms with E-state index in [1.807, 2.05) is 36.4 Å². The summed E-state index contributed by atoms with van der Waals surface area (Å²) in [7, 11) is 0. The Labute approximate surface area is 96.2 Å². The van der Waals surface area contributed by atoms with Crippen molar-refractivity contribution in [2.45, 2.75) is 12.5 Å². The standard InChI is InChI=1S/C14H13NO/c1-3-4-10-16-14(12(2)11-15)13-8-6-5-7-9-13/h1,5-9,14H,2,4,10H2. The monoisotopic (exact) mass is 211 g/mol. The Kier molecular flexibility index (Phi) is 4.86. The molecule has 0 aromatic heterocycles. The molecule has 0 N–H and O–H groups in total. The van der Waals surface area contributed by atoms with E-state index in [9.17, 15) is 0 Å². The van der Waals surface area contributed by atoms with Crippen molar-refractivity contribution in [1.82, 2.24) is 0 Å². The Morgan fingerprint density at radius 2 is 2.12 bits per heavy atom. The van der Waals surface area contributed by atoms with Crippen LogP contribution in [0.15, 0.2) is 42.5 Å². The molecule has 0 heterocycles. The van der Waals surface area contributed by atoms with Crippen molar-refractivity contribution in [2.75, 3.05) is 6.61 Å². The van der Waals surface area contributed by atoms with Crippen molar-refractivity contribution in [3.05, 3.63) is 48.0 Å². The molecule has 0 saturated heterocycles. The number of rotatable bonds is 5. The Hall–Kier alpha value is -2.03. The fraction of sp³-hybridized carbons (Fsp3) is 0.214. The molecular weight excluding hydrogens is 198 g/mol. The minimum atomic E-state index is -0.389. The van der Waals surface area contributed by atoms with Crippen LogP contribution < -0.4 is 0 Å². The van der Waals surface area contributed by atoms with Gasteiger partial charge in [-0.1, -0.05) is 36.9 Å². The lowest BCUT2D eigenvalue weighted by Gasteiger charge is -2.16. The number of ether oxygens (including phenoxy) is 1. The molecule has 16 heavy (non-hydrogen) atoms. The van der Waals surface area contributed by atoms with Gasteiger partial charge in [0.1, 0.15) is 6.10 Å². The molecule has 1 rings (SSSR count). The van der Waals surface area contributed by atoms with Crippen molar-refractivity contribution >= 4 is 0 Å². The first-order chi connectivity index (χ1) is 7.79. The second kappa shape index (κ2) is 6.45. The summed E-state index contributed by atoms with van der Waals surface area (Å²) >= 11 is 0. The third-order valence-corrected chi connectivity index (χ3v) is 2.09. The molecule has 0 fully saturated rings. The highest BCUT2D eigenvalue weighted by Crippen LogP contribution is 2.24. The summed E-state index contributed by atoms with van der Waals surface area (Å²) in [5.41, 5.74) is 1.31. The van der Waals surface area contributed by atoms with Gasteiger partial charge in [-0.05, 0) is 5.56 Å². The van der Waals surface area contributed by atoms with Crippen LogP contribution in [0.3, 0.4) is 0 Å². The zero-order valence-electron chi connectivity index (χ0n) is 9.02. The predicted octanol–water partition coefficient (Wildman–Crippen LogP) is 2.85. The first kappa shape index (κ1) is 12.0. The van der Waals surface area contributed by atoms with Crippen LogP contribution in [0.25, 0.3) is 0 Å². The van der Waals surface area contributed by atoms with E-state index < -0.39 is 0 Å². The molecule has 1 aromatic carbocycles. The van der Waals surface area contributed by atoms with Crippen molar-refractivity contribution in [1.29, 1.82) is 5.26 Å². The van der Waals surface area contributed by atoms with Crippen LogP contribution in [0.5, 0.6) is 0 Å². The molecule has 1 aromatic rings. The van der Waals surface area contributed by atoms with Gasteiger partial charge in [-0.15, -0.1) is 12.3 Å². The van der Waals surface area contributed by atoms with Crippen LogP contribution in [0, 0.1) is 23.7 Å². The van der Waals surface area contributed by atoms with Gasteiger partial charge in [0, 0.05) is 6.42 Å². The minimum absolute atomic E-state index is 0.389. The number of nitrogens with zero attached hydrogens (tertiary/aromatic N) is 1. The third-order valence-electron chi connectivity index (χ3n) is 2.09. The lowest BCUT2D eigenvalue weighted by molar-refractivity contribution is 0.0853. The average Bonchev–Trinajstić information content (AvgIpc) is 2.35. The second-order valence-electron chi connectivity index (χ2n) is 3.25. The quantitative estimate of drug-likeness (QED) is 0.426. The van der Waals surface area contributed by atoms with Gasteiger partial charge in [0.05, 0.1) is 18.2 Å². The molecule has 0 aliphatic carbocycles. The van der Waals surface area contributed by atoms with Gasteiger partial charge in [-0.25, -0.2) is 0 Å². The molecule has 0 amide bonds. The van der Waals surface area contributed by atoms with E-state index >= 15 is 0 Å². The van der Waals surface area contributed by atoms with E-state index in [0.29, 0.717) is 18.6 Å². The number of hydrogen-bond acceptors (Lipinski definition) is 2. The summed E-state index contributed by atoms with van der Waals surface area (Å²) in [4.78, 5) is 0. The van der Waals surface area contributed by atoms with Gasteiger partial charge < -0.3 is 4.74 Å². The zero-order chi connectivity index (χ0) is 11.8. The Bertz CT molecular complexity index is 422. The Morgan fingerprint density at radius 1 is 1.44 bits per heavy atom. The van der Waals surface area contributed by atoms with Crippen LogP contribution in [0.2, 0.25) is 0 Å². The highest BCUT2D eigenvalue weighted by Gasteiger charge is 2.14. The van der Waals surface area contributed by atoms with E-state index in [1.165, 1.54) is 0 Å². The van der Waals surface area contributed by atoms with Gasteiger partial charge in [0.2, 0.25) is 0 Å². The maximum Gasteiger partial charge on any atom is 0.117 e. The lowest BCUT2D eigenvalue weighted by atomic mass is 10.0. The van der Waals surface area contributed by atoms with E-state index in [-0.39, 0.29) is 6.10 Å². The molecule has 0 aliphatic heterocycles. The van der Waals surface area contributed by atoms with Crippen molar-refractivity contribution in [2.24, 2.45) is 0 Å². The highest BCUT2D eigenvalue weighted by atomic mass is 16.5. The van der Waals surface area contributed by atoms with Crippen molar-refractivity contribution < 1.29 is 4.74 Å². The smallest absolute Gasteiger partial charge is 0.117 e. The summed E-state index contributed by atoms with van der Waals surface area (Å²) < 4.78 is 5.56. The molecule has 0 saturated carbocycles. The molecule has 80 valence electrons. The number of nitriles is 1. The van der Waals surface area contributed by atoms with Crippen molar-refractivity contribution in [3.8, 4) is 18.4 Å². The number of terminal acetylenes is 1. The average molecular weight is 211 g/mol. The van der Waals surface area contributed by atoms with Crippen LogP contribution in [-0.2, 0) is 4.74 Å². The minimum Gasteiger partial charge on any atom is -0.367 e. The fourth-order valence-corrected chi connectivity index (χ4v) is 1.32. The molecule has 1 unspecified atom stereocenters. The lowest BCUT2D eigenvalue weighted by Crippen LogP contribution is -2.07. The maximum absolute atomic E-state index is 8.85. The van der Waals surface area contributed by atoms with Crippen LogP contribution in [0.1, 0.15) is 18.1 Å². The summed E-state index contributed by atoms with van der Waals surface area (Å²) in [6, 6.07) is 11.5. The van der Waals surface area contributed by atoms with Crippen LogP contribution in [0.4, 0.5) is 0 Å². The number of benzene rings is 1. The first-order valence-corrected chi connectivity index (χ1v) is 4.98. The topological polar surface area (TPSA) is 33.0 Å². The van der Waals surface area contributed by atoms with Gasteiger partial charge >= 0.3 is 0 Å². The van der Waals surface area contributed by atoms with E-state index in [0.717, 1.165) is 5.56 Å². The Morgan fingerprint density at radius 3 is 2.69 bits per heavy atom. The maximum atomic E-state index is 8.85. The van der Waals surface area contributed by atoms with Gasteiger partial charge in [0.25, 0.3) is 0 Å². The van der Waals surface area contributed by atoms with Crippen LogP contribution >= 0.6 is 0 Å². The van der Waals surface area contributed by atoms with Gasteiger partial charge in [-0.2, -0.15) is 5.26 Å². The fourth-order valence-electron chi connectivity index (χ4n) is 1.32. The zero-order valence-corrected chi connectivity index (χ0v) is 9.02. The molecule has 2 nitrogen and oxygen atoms in total. The van der Waals surface area contributed by atoms with E-state index in [1.54, 1.807) is 0 Å². The first-order valence-electron chi connectivity index (χ1n) is 4.98. The van der Waals surface area contributed by atoms with E-state index in [2.05, 4.69) is 12.5 Å². The molecule has 0 aliphatic rings. The Balaban J connectivity index is 2.77. The van der Waals surface area contributed by atoms with Crippen LogP contribution in [-0.4, -0.2) is 6.61 Å². The van der Waals surface area contributed by atoms with Crippen molar-refractivity contribution in [3.63, 3.8) is 0 Å². The number of hydrogen-bond donors (Lipinski definition) is 0. The third kappa shape index (κ3) is 3.28. The predicted molar refractivity (Wildman–Crippen MR) is 63.3 cm³/mol. The summed E-state index contributed by atoms with van der Waals surface area (Å²) in [5.74, 6) is 2.49. The summed E-state index contributed by atoms with van der Waals surface area (Å²) in [5, 5.41) is 8.85. The molecule has 0 bridgehead atoms.